The van der Waals surface area contributed by atoms with Gasteiger partial charge in [0.15, 0.2) is 5.96 Å². The highest BCUT2D eigenvalue weighted by atomic mass is 16.5. The number of nitrogens with zero attached hydrogens (tertiary/aromatic N) is 2. The molecule has 1 aromatic rings. The Balaban J connectivity index is 2.07. The summed E-state index contributed by atoms with van der Waals surface area (Å²) in [6, 6.07) is 8.76. The van der Waals surface area contributed by atoms with Gasteiger partial charge >= 0.3 is 0 Å². The Kier molecular flexibility index (Phi) is 6.67. The van der Waals surface area contributed by atoms with E-state index in [2.05, 4.69) is 62.2 Å². The van der Waals surface area contributed by atoms with Gasteiger partial charge in [0.2, 0.25) is 0 Å². The van der Waals surface area contributed by atoms with Crippen LogP contribution in [0.5, 0.6) is 0 Å². The number of benzene rings is 1. The van der Waals surface area contributed by atoms with E-state index in [9.17, 15) is 0 Å². The number of aryl methyl sites for hydroxylation is 1. The lowest BCUT2D eigenvalue weighted by Crippen LogP contribution is -2.41. The molecule has 134 valence electrons. The van der Waals surface area contributed by atoms with Crippen LogP contribution in [0, 0.1) is 12.8 Å². The van der Waals surface area contributed by atoms with Crippen LogP contribution in [0.15, 0.2) is 29.3 Å². The van der Waals surface area contributed by atoms with Gasteiger partial charge in [-0.15, -0.1) is 0 Å². The van der Waals surface area contributed by atoms with E-state index in [4.69, 9.17) is 9.73 Å². The van der Waals surface area contributed by atoms with Crippen molar-refractivity contribution in [2.24, 2.45) is 10.9 Å². The van der Waals surface area contributed by atoms with Crippen molar-refractivity contribution in [1.29, 1.82) is 0 Å². The maximum Gasteiger partial charge on any atom is 0.193 e. The molecule has 0 amide bonds. The predicted molar refractivity (Wildman–Crippen MR) is 102 cm³/mol. The molecule has 1 heterocycles. The van der Waals surface area contributed by atoms with Crippen molar-refractivity contribution in [2.45, 2.75) is 39.5 Å². The second kappa shape index (κ2) is 8.52. The van der Waals surface area contributed by atoms with Gasteiger partial charge in [-0.3, -0.25) is 4.99 Å². The number of methoxy groups -OCH3 is 1. The molecule has 1 unspecified atom stereocenters. The van der Waals surface area contributed by atoms with Gasteiger partial charge in [-0.2, -0.15) is 0 Å². The molecule has 1 N–H and O–H groups in total. The Bertz CT molecular complexity index is 554. The highest BCUT2D eigenvalue weighted by Crippen LogP contribution is 2.25. The largest absolute Gasteiger partial charge is 0.384 e. The predicted octanol–water partition coefficient (Wildman–Crippen LogP) is 3.21. The van der Waals surface area contributed by atoms with Crippen molar-refractivity contribution < 1.29 is 4.74 Å². The molecule has 1 aromatic carbocycles. The fourth-order valence-electron chi connectivity index (χ4n) is 3.25. The number of ether oxygens (including phenoxy) is 1. The van der Waals surface area contributed by atoms with E-state index in [0.717, 1.165) is 38.7 Å². The first-order valence-corrected chi connectivity index (χ1v) is 9.05. The third kappa shape index (κ3) is 4.97. The van der Waals surface area contributed by atoms with Crippen LogP contribution in [0.25, 0.3) is 0 Å². The number of rotatable bonds is 6. The lowest BCUT2D eigenvalue weighted by Gasteiger charge is -2.26. The summed E-state index contributed by atoms with van der Waals surface area (Å²) in [7, 11) is 1.78. The highest BCUT2D eigenvalue weighted by Gasteiger charge is 2.26. The standard InChI is InChI=1S/C20H33N3O/c1-6-21-19(23-11-10-17(13-23)14-24-5)22-15-20(3,4)18-9-7-8-16(2)12-18/h7-9,12,17H,6,10-11,13-15H2,1-5H3,(H,21,22). The van der Waals surface area contributed by atoms with Crippen LogP contribution in [0.1, 0.15) is 38.3 Å². The Hall–Kier alpha value is -1.55. The molecule has 1 atom stereocenters. The van der Waals surface area contributed by atoms with E-state index >= 15 is 0 Å². The molecular formula is C20H33N3O. The summed E-state index contributed by atoms with van der Waals surface area (Å²) in [5, 5.41) is 3.46. The summed E-state index contributed by atoms with van der Waals surface area (Å²) < 4.78 is 5.31. The molecule has 1 aliphatic rings. The van der Waals surface area contributed by atoms with Crippen LogP contribution in [0.4, 0.5) is 0 Å². The maximum absolute atomic E-state index is 5.31. The molecule has 0 radical (unpaired) electrons. The first kappa shape index (κ1) is 18.8. The van der Waals surface area contributed by atoms with E-state index in [0.29, 0.717) is 5.92 Å². The number of hydrogen-bond acceptors (Lipinski definition) is 2. The molecule has 24 heavy (non-hydrogen) atoms. The molecule has 4 nitrogen and oxygen atoms in total. The van der Waals surface area contributed by atoms with Gasteiger partial charge < -0.3 is 15.0 Å². The Morgan fingerprint density at radius 3 is 2.88 bits per heavy atom. The average molecular weight is 332 g/mol. The number of hydrogen-bond donors (Lipinski definition) is 1. The third-order valence-corrected chi connectivity index (χ3v) is 4.75. The molecule has 1 saturated heterocycles. The van der Waals surface area contributed by atoms with Gasteiger partial charge in [0.05, 0.1) is 13.2 Å². The molecule has 1 fully saturated rings. The second-order valence-electron chi connectivity index (χ2n) is 7.48. The zero-order chi connectivity index (χ0) is 17.6. The van der Waals surface area contributed by atoms with Crippen molar-refractivity contribution in [3.63, 3.8) is 0 Å². The van der Waals surface area contributed by atoms with Crippen LogP contribution in [0.2, 0.25) is 0 Å². The fourth-order valence-corrected chi connectivity index (χ4v) is 3.25. The molecule has 2 rings (SSSR count). The van der Waals surface area contributed by atoms with Gasteiger partial charge in [0.1, 0.15) is 0 Å². The normalized spacial score (nSPS) is 19.0. The lowest BCUT2D eigenvalue weighted by atomic mass is 9.84. The summed E-state index contributed by atoms with van der Waals surface area (Å²) in [5.41, 5.74) is 2.68. The van der Waals surface area contributed by atoms with Crippen molar-refractivity contribution in [3.8, 4) is 0 Å². The van der Waals surface area contributed by atoms with E-state index in [1.807, 2.05) is 0 Å². The maximum atomic E-state index is 5.31. The average Bonchev–Trinajstić information content (AvgIpc) is 3.00. The molecule has 0 aromatic heterocycles. The third-order valence-electron chi connectivity index (χ3n) is 4.75. The van der Waals surface area contributed by atoms with Gasteiger partial charge in [-0.1, -0.05) is 43.7 Å². The van der Waals surface area contributed by atoms with Crippen LogP contribution < -0.4 is 5.32 Å². The minimum Gasteiger partial charge on any atom is -0.384 e. The summed E-state index contributed by atoms with van der Waals surface area (Å²) >= 11 is 0. The Morgan fingerprint density at radius 2 is 2.21 bits per heavy atom. The molecule has 1 aliphatic heterocycles. The van der Waals surface area contributed by atoms with Gasteiger partial charge in [-0.05, 0) is 25.8 Å². The van der Waals surface area contributed by atoms with Crippen LogP contribution in [0.3, 0.4) is 0 Å². The SMILES string of the molecule is CCNC(=NCC(C)(C)c1cccc(C)c1)N1CCC(COC)C1. The highest BCUT2D eigenvalue weighted by molar-refractivity contribution is 5.80. The molecule has 0 bridgehead atoms. The van der Waals surface area contributed by atoms with Crippen molar-refractivity contribution >= 4 is 5.96 Å². The minimum absolute atomic E-state index is 0.0261. The monoisotopic (exact) mass is 331 g/mol. The summed E-state index contributed by atoms with van der Waals surface area (Å²) in [6.45, 7) is 13.4. The molecular weight excluding hydrogens is 298 g/mol. The molecule has 0 spiro atoms. The van der Waals surface area contributed by atoms with E-state index in [-0.39, 0.29) is 5.41 Å². The summed E-state index contributed by atoms with van der Waals surface area (Å²) in [6.07, 6.45) is 1.18. The quantitative estimate of drug-likeness (QED) is 0.642. The van der Waals surface area contributed by atoms with Crippen LogP contribution in [-0.4, -0.2) is 50.8 Å². The van der Waals surface area contributed by atoms with Crippen molar-refractivity contribution in [2.75, 3.05) is 39.9 Å². The smallest absolute Gasteiger partial charge is 0.193 e. The van der Waals surface area contributed by atoms with Gasteiger partial charge in [0, 0.05) is 38.1 Å². The first-order chi connectivity index (χ1) is 11.5. The lowest BCUT2D eigenvalue weighted by molar-refractivity contribution is 0.157. The molecule has 0 saturated carbocycles. The zero-order valence-corrected chi connectivity index (χ0v) is 15.9. The number of likely N-dealkylation sites (tertiary alicyclic amines) is 1. The second-order valence-corrected chi connectivity index (χ2v) is 7.48. The zero-order valence-electron chi connectivity index (χ0n) is 15.9. The Morgan fingerprint density at radius 1 is 1.42 bits per heavy atom. The van der Waals surface area contributed by atoms with E-state index in [1.54, 1.807) is 7.11 Å². The number of aliphatic imine (C=N–C) groups is 1. The van der Waals surface area contributed by atoms with Gasteiger partial charge in [-0.25, -0.2) is 0 Å². The van der Waals surface area contributed by atoms with E-state index in [1.165, 1.54) is 17.5 Å². The fraction of sp³-hybridized carbons (Fsp3) is 0.650. The number of nitrogens with one attached hydrogen (secondary N) is 1. The van der Waals surface area contributed by atoms with Crippen molar-refractivity contribution in [3.05, 3.63) is 35.4 Å². The van der Waals surface area contributed by atoms with Crippen LogP contribution in [-0.2, 0) is 10.2 Å². The molecule has 4 heteroatoms. The minimum atomic E-state index is 0.0261. The van der Waals surface area contributed by atoms with E-state index < -0.39 is 0 Å². The molecule has 0 aliphatic carbocycles. The summed E-state index contributed by atoms with van der Waals surface area (Å²) in [4.78, 5) is 7.33. The van der Waals surface area contributed by atoms with Crippen molar-refractivity contribution in [1.82, 2.24) is 10.2 Å². The van der Waals surface area contributed by atoms with Gasteiger partial charge in [0.25, 0.3) is 0 Å². The first-order valence-electron chi connectivity index (χ1n) is 9.05. The Labute approximate surface area is 147 Å². The van der Waals surface area contributed by atoms with Crippen LogP contribution >= 0.6 is 0 Å². The summed E-state index contributed by atoms with van der Waals surface area (Å²) in [5.74, 6) is 1.65. The number of guanidine groups is 1. The topological polar surface area (TPSA) is 36.9 Å².